The molecule has 0 radical (unpaired) electrons. The molecule has 14 nitrogen and oxygen atoms in total. The molecule has 0 aromatic heterocycles. The van der Waals surface area contributed by atoms with Gasteiger partial charge >= 0.3 is 29.6 Å². The van der Waals surface area contributed by atoms with Crippen LogP contribution in [0.1, 0.15) is 0 Å². The molecule has 2 N–H and O–H groups in total. The summed E-state index contributed by atoms with van der Waals surface area (Å²) >= 11 is 10.0. The maximum Gasteiger partial charge on any atom is 0.389 e. The Morgan fingerprint density at radius 1 is 0.971 bits per heavy atom. The van der Waals surface area contributed by atoms with E-state index in [1.165, 1.54) is 44.6 Å². The topological polar surface area (TPSA) is 198 Å². The SMILES string of the molecule is COC(=O)C(Cl)Cl.COC(=O)C1Oc2cccc([N+](=O)[O-])c2O1.O=[N+]([O-])c1cccc(O)c1O. The molecule has 0 spiro atoms. The van der Waals surface area contributed by atoms with Gasteiger partial charge in [0.05, 0.1) is 24.1 Å². The first-order valence-electron chi connectivity index (χ1n) is 8.64. The highest BCUT2D eigenvalue weighted by Crippen LogP contribution is 2.42. The number of aromatic hydroxyl groups is 2. The summed E-state index contributed by atoms with van der Waals surface area (Å²) in [6.07, 6.45) is -1.28. The Kier molecular flexibility index (Phi) is 10.6. The minimum atomic E-state index is -1.28. The molecule has 1 aliphatic heterocycles. The average Bonchev–Trinajstić information content (AvgIpc) is 3.24. The van der Waals surface area contributed by atoms with Crippen LogP contribution in [0.25, 0.3) is 0 Å². The quantitative estimate of drug-likeness (QED) is 0.196. The van der Waals surface area contributed by atoms with Gasteiger partial charge in [0, 0.05) is 12.1 Å². The van der Waals surface area contributed by atoms with Crippen LogP contribution in [0.2, 0.25) is 0 Å². The zero-order valence-electron chi connectivity index (χ0n) is 17.2. The van der Waals surface area contributed by atoms with Gasteiger partial charge < -0.3 is 29.2 Å². The Balaban J connectivity index is 0.000000280. The van der Waals surface area contributed by atoms with Crippen molar-refractivity contribution in [1.29, 1.82) is 0 Å². The number of alkyl halides is 2. The van der Waals surface area contributed by atoms with Gasteiger partial charge in [-0.1, -0.05) is 35.3 Å². The van der Waals surface area contributed by atoms with Crippen molar-refractivity contribution < 1.29 is 48.6 Å². The minimum Gasteiger partial charge on any atom is -0.504 e. The molecule has 2 aromatic carbocycles. The standard InChI is InChI=1S/C9H7NO6.C6H5NO4.C3H4Cl2O2/c1-14-8(11)9-15-6-4-2-3-5(10(12)13)7(6)16-9;8-5-3-1-2-4(6(5)9)7(10)11;1-7-3(6)2(4)5/h2-4,9H,1H3;1-3,8-9H;2H,1H3. The normalized spacial score (nSPS) is 12.9. The highest BCUT2D eigenvalue weighted by molar-refractivity contribution is 6.52. The van der Waals surface area contributed by atoms with E-state index in [1.807, 2.05) is 0 Å². The van der Waals surface area contributed by atoms with Crippen molar-refractivity contribution in [2.24, 2.45) is 0 Å². The second-order valence-electron chi connectivity index (χ2n) is 5.68. The summed E-state index contributed by atoms with van der Waals surface area (Å²) in [5.41, 5.74) is -0.742. The fourth-order valence-electron chi connectivity index (χ4n) is 2.05. The van der Waals surface area contributed by atoms with Gasteiger partial charge in [0.1, 0.15) is 0 Å². The molecule has 2 aromatic rings. The van der Waals surface area contributed by atoms with Gasteiger partial charge in [-0.3, -0.25) is 20.2 Å². The van der Waals surface area contributed by atoms with Gasteiger partial charge in [0.25, 0.3) is 0 Å². The van der Waals surface area contributed by atoms with Crippen molar-refractivity contribution >= 4 is 46.5 Å². The highest BCUT2D eigenvalue weighted by atomic mass is 35.5. The predicted octanol–water partition coefficient (Wildman–Crippen LogP) is 2.83. The zero-order chi connectivity index (χ0) is 26.0. The second-order valence-corrected chi connectivity index (χ2v) is 6.77. The van der Waals surface area contributed by atoms with Crippen LogP contribution in [0.15, 0.2) is 36.4 Å². The van der Waals surface area contributed by atoms with Crippen LogP contribution in [-0.4, -0.2) is 57.3 Å². The highest BCUT2D eigenvalue weighted by Gasteiger charge is 2.36. The lowest BCUT2D eigenvalue weighted by molar-refractivity contribution is -0.386. The van der Waals surface area contributed by atoms with Crippen LogP contribution in [0.3, 0.4) is 0 Å². The van der Waals surface area contributed by atoms with Crippen molar-refractivity contribution in [1.82, 2.24) is 0 Å². The lowest BCUT2D eigenvalue weighted by Gasteiger charge is -2.05. The summed E-state index contributed by atoms with van der Waals surface area (Å²) in [6.45, 7) is 0. The minimum absolute atomic E-state index is 0.0529. The lowest BCUT2D eigenvalue weighted by atomic mass is 10.3. The molecular weight excluding hydrogens is 507 g/mol. The number of rotatable bonds is 4. The Morgan fingerprint density at radius 2 is 1.53 bits per heavy atom. The van der Waals surface area contributed by atoms with Gasteiger partial charge in [-0.05, 0) is 12.1 Å². The second kappa shape index (κ2) is 12.9. The predicted molar refractivity (Wildman–Crippen MR) is 114 cm³/mol. The third-order valence-corrected chi connectivity index (χ3v) is 3.93. The number of carbonyl (C=O) groups is 2. The summed E-state index contributed by atoms with van der Waals surface area (Å²) < 4.78 is 18.6. The zero-order valence-corrected chi connectivity index (χ0v) is 18.8. The molecule has 34 heavy (non-hydrogen) atoms. The number of halogens is 2. The van der Waals surface area contributed by atoms with E-state index in [0.717, 1.165) is 6.07 Å². The number of para-hydroxylation sites is 2. The van der Waals surface area contributed by atoms with Crippen molar-refractivity contribution in [3.63, 3.8) is 0 Å². The van der Waals surface area contributed by atoms with Crippen molar-refractivity contribution in [2.45, 2.75) is 11.1 Å². The van der Waals surface area contributed by atoms with E-state index in [-0.39, 0.29) is 17.2 Å². The number of phenolic OH excluding ortho intramolecular Hbond substituents is 2. The number of benzene rings is 2. The molecule has 3 rings (SSSR count). The van der Waals surface area contributed by atoms with Crippen molar-refractivity contribution in [3.05, 3.63) is 56.6 Å². The van der Waals surface area contributed by atoms with Crippen molar-refractivity contribution in [3.8, 4) is 23.0 Å². The summed E-state index contributed by atoms with van der Waals surface area (Å²) in [5.74, 6) is -2.45. The number of methoxy groups -OCH3 is 2. The monoisotopic (exact) mass is 522 g/mol. The summed E-state index contributed by atoms with van der Waals surface area (Å²) in [4.78, 5) is 39.5. The molecule has 1 aliphatic rings. The van der Waals surface area contributed by atoms with E-state index in [9.17, 15) is 29.8 Å². The summed E-state index contributed by atoms with van der Waals surface area (Å²) in [5, 5.41) is 38.4. The van der Waals surface area contributed by atoms with Crippen molar-refractivity contribution in [2.75, 3.05) is 14.2 Å². The smallest absolute Gasteiger partial charge is 0.389 e. The van der Waals surface area contributed by atoms with Crippen LogP contribution in [-0.2, 0) is 19.1 Å². The number of nitro groups is 2. The molecule has 1 atom stereocenters. The maximum absolute atomic E-state index is 11.1. The molecule has 0 bridgehead atoms. The van der Waals surface area contributed by atoms with E-state index in [4.69, 9.17) is 42.9 Å². The molecule has 16 heteroatoms. The number of esters is 2. The molecule has 1 heterocycles. The van der Waals surface area contributed by atoms with Gasteiger partial charge in [-0.15, -0.1) is 0 Å². The molecule has 0 fully saturated rings. The van der Waals surface area contributed by atoms with Gasteiger partial charge in [-0.2, -0.15) is 0 Å². The van der Waals surface area contributed by atoms with Crippen LogP contribution in [0.4, 0.5) is 11.4 Å². The maximum atomic E-state index is 11.1. The Bertz CT molecular complexity index is 1060. The molecule has 184 valence electrons. The van der Waals surface area contributed by atoms with E-state index < -0.39 is 50.1 Å². The number of nitrogens with zero attached hydrogens (tertiary/aromatic N) is 2. The first-order valence-corrected chi connectivity index (χ1v) is 9.51. The molecule has 0 amide bonds. The molecular formula is C18H16Cl2N2O12. The largest absolute Gasteiger partial charge is 0.504 e. The summed E-state index contributed by atoms with van der Waals surface area (Å²) in [7, 11) is 2.40. The third-order valence-electron chi connectivity index (χ3n) is 3.58. The number of fused-ring (bicyclic) bond motifs is 1. The Morgan fingerprint density at radius 3 is 1.97 bits per heavy atom. The molecule has 0 aliphatic carbocycles. The van der Waals surface area contributed by atoms with Crippen LogP contribution in [0, 0.1) is 20.2 Å². The Labute approximate surface area is 200 Å². The van der Waals surface area contributed by atoms with E-state index in [1.54, 1.807) is 0 Å². The van der Waals surface area contributed by atoms with Gasteiger partial charge in [-0.25, -0.2) is 9.59 Å². The van der Waals surface area contributed by atoms with Crippen LogP contribution >= 0.6 is 23.2 Å². The lowest BCUT2D eigenvalue weighted by Crippen LogP contribution is -2.30. The fourth-order valence-corrected chi connectivity index (χ4v) is 2.23. The first-order chi connectivity index (χ1) is 15.9. The number of hydrogen-bond donors (Lipinski definition) is 2. The average molecular weight is 523 g/mol. The Hall–Kier alpha value is -4.04. The third kappa shape index (κ3) is 7.53. The summed E-state index contributed by atoms with van der Waals surface area (Å²) in [6, 6.07) is 7.75. The number of ether oxygens (including phenoxy) is 4. The fraction of sp³-hybridized carbons (Fsp3) is 0.222. The molecule has 1 unspecified atom stereocenters. The molecule has 0 saturated carbocycles. The first kappa shape index (κ1) is 28.0. The van der Waals surface area contributed by atoms with Gasteiger partial charge in [0.2, 0.25) is 16.3 Å². The van der Waals surface area contributed by atoms with E-state index in [2.05, 4.69) is 9.47 Å². The van der Waals surface area contributed by atoms with Gasteiger partial charge in [0.15, 0.2) is 11.5 Å². The van der Waals surface area contributed by atoms with Crippen LogP contribution < -0.4 is 9.47 Å². The molecule has 0 saturated heterocycles. The number of carbonyl (C=O) groups excluding carboxylic acids is 2. The van der Waals surface area contributed by atoms with E-state index in [0.29, 0.717) is 0 Å². The number of hydrogen-bond acceptors (Lipinski definition) is 12. The number of phenols is 2. The van der Waals surface area contributed by atoms with Crippen LogP contribution in [0.5, 0.6) is 23.0 Å². The number of nitro benzene ring substituents is 2. The van der Waals surface area contributed by atoms with E-state index >= 15 is 0 Å².